The number of nitrogens with zero attached hydrogens (tertiary/aromatic N) is 4. The van der Waals surface area contributed by atoms with Crippen molar-refractivity contribution in [2.24, 2.45) is 5.41 Å². The normalized spacial score (nSPS) is 23.0. The second-order valence-electron chi connectivity index (χ2n) is 9.60. The minimum absolute atomic E-state index is 0.109. The Morgan fingerprint density at radius 2 is 1.73 bits per heavy atom. The molecule has 3 saturated heterocycles. The maximum atomic E-state index is 13.8. The van der Waals surface area contributed by atoms with E-state index >= 15 is 0 Å². The Morgan fingerprint density at radius 3 is 2.52 bits per heavy atom. The predicted octanol–water partition coefficient (Wildman–Crippen LogP) is 4.30. The zero-order chi connectivity index (χ0) is 22.6. The van der Waals surface area contributed by atoms with Crippen LogP contribution in [-0.2, 0) is 11.3 Å². The number of benzene rings is 2. The fourth-order valence-corrected chi connectivity index (χ4v) is 5.80. The summed E-state index contributed by atoms with van der Waals surface area (Å²) in [5, 5.41) is 5.02. The summed E-state index contributed by atoms with van der Waals surface area (Å²) in [7, 11) is 0. The van der Waals surface area contributed by atoms with E-state index in [0.717, 1.165) is 61.7 Å². The Balaban J connectivity index is 1.15. The lowest BCUT2D eigenvalue weighted by Crippen LogP contribution is -2.45. The molecule has 2 aromatic carbocycles. The van der Waals surface area contributed by atoms with E-state index in [0.29, 0.717) is 18.5 Å². The van der Waals surface area contributed by atoms with Crippen LogP contribution in [0.15, 0.2) is 54.6 Å². The lowest BCUT2D eigenvalue weighted by Gasteiger charge is -2.37. The first-order chi connectivity index (χ1) is 16.0. The van der Waals surface area contributed by atoms with Gasteiger partial charge in [0, 0.05) is 31.1 Å². The van der Waals surface area contributed by atoms with Crippen molar-refractivity contribution in [3.8, 4) is 0 Å². The van der Waals surface area contributed by atoms with Crippen molar-refractivity contribution < 1.29 is 13.6 Å². The van der Waals surface area contributed by atoms with Crippen molar-refractivity contribution in [3.05, 3.63) is 77.5 Å². The van der Waals surface area contributed by atoms with E-state index in [9.17, 15) is 13.6 Å². The maximum absolute atomic E-state index is 13.8. The first-order valence-corrected chi connectivity index (χ1v) is 11.6. The molecule has 0 bridgehead atoms. The van der Waals surface area contributed by atoms with Crippen molar-refractivity contribution in [1.82, 2.24) is 19.9 Å². The van der Waals surface area contributed by atoms with E-state index < -0.39 is 17.0 Å². The Hall–Kier alpha value is -2.90. The van der Waals surface area contributed by atoms with Crippen molar-refractivity contribution >= 4 is 16.8 Å². The molecule has 1 amide bonds. The third-order valence-electron chi connectivity index (χ3n) is 7.53. The van der Waals surface area contributed by atoms with Gasteiger partial charge >= 0.3 is 0 Å². The topological polar surface area (TPSA) is 39.7 Å². The van der Waals surface area contributed by atoms with Crippen molar-refractivity contribution in [2.75, 3.05) is 26.2 Å². The van der Waals surface area contributed by atoms with Crippen LogP contribution in [0.3, 0.4) is 0 Å². The van der Waals surface area contributed by atoms with E-state index in [1.165, 1.54) is 12.1 Å². The Labute approximate surface area is 191 Å². The van der Waals surface area contributed by atoms with E-state index in [4.69, 9.17) is 4.98 Å². The average Bonchev–Trinajstić information content (AvgIpc) is 3.33. The zero-order valence-corrected chi connectivity index (χ0v) is 18.4. The molecule has 0 radical (unpaired) electrons. The van der Waals surface area contributed by atoms with E-state index in [-0.39, 0.29) is 11.9 Å². The molecule has 0 aliphatic carbocycles. The summed E-state index contributed by atoms with van der Waals surface area (Å²) in [6, 6.07) is 15.6. The van der Waals surface area contributed by atoms with Gasteiger partial charge in [0.15, 0.2) is 0 Å². The van der Waals surface area contributed by atoms with Crippen LogP contribution in [0.2, 0.25) is 0 Å². The van der Waals surface area contributed by atoms with Crippen molar-refractivity contribution in [3.63, 3.8) is 0 Å². The third kappa shape index (κ3) is 3.60. The maximum Gasteiger partial charge on any atom is 0.245 e. The van der Waals surface area contributed by atoms with Crippen molar-refractivity contribution in [2.45, 2.75) is 31.8 Å². The molecule has 1 spiro atoms. The van der Waals surface area contributed by atoms with Gasteiger partial charge in [0.25, 0.3) is 0 Å². The average molecular weight is 449 g/mol. The molecular formula is C26H26F2N4O. The number of rotatable bonds is 3. The van der Waals surface area contributed by atoms with Gasteiger partial charge in [-0.25, -0.2) is 13.8 Å². The third-order valence-corrected chi connectivity index (χ3v) is 7.53. The first-order valence-electron chi connectivity index (χ1n) is 11.6. The highest BCUT2D eigenvalue weighted by molar-refractivity contribution is 5.85. The monoisotopic (exact) mass is 448 g/mol. The smallest absolute Gasteiger partial charge is 0.245 e. The summed E-state index contributed by atoms with van der Waals surface area (Å²) >= 11 is 0. The van der Waals surface area contributed by atoms with Gasteiger partial charge in [0.1, 0.15) is 11.6 Å². The van der Waals surface area contributed by atoms with E-state index in [2.05, 4.69) is 28.1 Å². The molecule has 3 aliphatic heterocycles. The Bertz CT molecular complexity index is 1200. The van der Waals surface area contributed by atoms with Crippen LogP contribution in [0, 0.1) is 17.0 Å². The van der Waals surface area contributed by atoms with E-state index in [1.807, 2.05) is 18.2 Å². The SMILES string of the molecule is O=C1N2[C@H](c3cc(F)cc(F)c3)CCN2CC12CCN(Cc1ccc3ccccc3n1)CC2. The highest BCUT2D eigenvalue weighted by Gasteiger charge is 2.56. The number of hydrogen-bond acceptors (Lipinski definition) is 4. The molecule has 170 valence electrons. The predicted molar refractivity (Wildman–Crippen MR) is 121 cm³/mol. The molecule has 0 saturated carbocycles. The summed E-state index contributed by atoms with van der Waals surface area (Å²) < 4.78 is 27.6. The van der Waals surface area contributed by atoms with Gasteiger partial charge in [-0.2, -0.15) is 0 Å². The number of carbonyl (C=O) groups excluding carboxylic acids is 1. The van der Waals surface area contributed by atoms with Gasteiger partial charge in [-0.15, -0.1) is 0 Å². The lowest BCUT2D eigenvalue weighted by molar-refractivity contribution is -0.144. The van der Waals surface area contributed by atoms with Crippen molar-refractivity contribution in [1.29, 1.82) is 0 Å². The molecule has 0 unspecified atom stereocenters. The number of pyridine rings is 1. The summed E-state index contributed by atoms with van der Waals surface area (Å²) in [5.41, 5.74) is 2.18. The minimum Gasteiger partial charge on any atom is -0.297 e. The van der Waals surface area contributed by atoms with Gasteiger partial charge in [0.05, 0.1) is 22.7 Å². The quantitative estimate of drug-likeness (QED) is 0.599. The van der Waals surface area contributed by atoms with Crippen LogP contribution >= 0.6 is 0 Å². The number of halogens is 2. The zero-order valence-electron chi connectivity index (χ0n) is 18.4. The highest BCUT2D eigenvalue weighted by Crippen LogP contribution is 2.47. The highest BCUT2D eigenvalue weighted by atomic mass is 19.1. The van der Waals surface area contributed by atoms with Gasteiger partial charge in [-0.05, 0) is 62.2 Å². The molecule has 7 heteroatoms. The number of piperidine rings is 1. The number of likely N-dealkylation sites (tertiary alicyclic amines) is 1. The number of amides is 1. The summed E-state index contributed by atoms with van der Waals surface area (Å²) in [6.45, 7) is 3.87. The fourth-order valence-electron chi connectivity index (χ4n) is 5.80. The molecule has 1 atom stereocenters. The van der Waals surface area contributed by atoms with Crippen LogP contribution < -0.4 is 0 Å². The van der Waals surface area contributed by atoms with Gasteiger partial charge in [-0.1, -0.05) is 24.3 Å². The number of aromatic nitrogens is 1. The molecule has 33 heavy (non-hydrogen) atoms. The molecule has 3 aliphatic rings. The first kappa shape index (κ1) is 20.7. The molecule has 0 N–H and O–H groups in total. The van der Waals surface area contributed by atoms with Gasteiger partial charge < -0.3 is 0 Å². The Kier molecular flexibility index (Phi) is 4.92. The van der Waals surface area contributed by atoms with Crippen LogP contribution in [0.1, 0.15) is 36.6 Å². The van der Waals surface area contributed by atoms with Gasteiger partial charge in [-0.3, -0.25) is 19.7 Å². The second kappa shape index (κ2) is 7.85. The number of para-hydroxylation sites is 1. The molecule has 3 aromatic rings. The molecular weight excluding hydrogens is 422 g/mol. The number of fused-ring (bicyclic) bond motifs is 2. The summed E-state index contributed by atoms with van der Waals surface area (Å²) in [4.78, 5) is 20.8. The minimum atomic E-state index is -0.597. The lowest BCUT2D eigenvalue weighted by atomic mass is 9.77. The van der Waals surface area contributed by atoms with Crippen LogP contribution in [-0.4, -0.2) is 52.0 Å². The largest absolute Gasteiger partial charge is 0.297 e. The fraction of sp³-hybridized carbons (Fsp3) is 0.385. The Morgan fingerprint density at radius 1 is 0.970 bits per heavy atom. The molecule has 3 fully saturated rings. The van der Waals surface area contributed by atoms with E-state index in [1.54, 1.807) is 5.01 Å². The molecule has 1 aromatic heterocycles. The number of hydrogen-bond donors (Lipinski definition) is 0. The number of hydrazine groups is 1. The standard InChI is InChI=1S/C26H26F2N4O/c27-20-13-19(14-21(28)15-20)24-7-10-31-17-26(25(33)32(24)31)8-11-30(12-9-26)16-22-6-5-18-3-1-2-4-23(18)29-22/h1-6,13-15,24H,7-12,16-17H2/t24-/m0/s1. The van der Waals surface area contributed by atoms with Crippen LogP contribution in [0.4, 0.5) is 8.78 Å². The second-order valence-corrected chi connectivity index (χ2v) is 9.60. The summed E-state index contributed by atoms with van der Waals surface area (Å²) in [6.07, 6.45) is 2.28. The molecule has 5 nitrogen and oxygen atoms in total. The van der Waals surface area contributed by atoms with Gasteiger partial charge in [0.2, 0.25) is 5.91 Å². The summed E-state index contributed by atoms with van der Waals surface area (Å²) in [5.74, 6) is -1.08. The molecule has 4 heterocycles. The number of carbonyl (C=O) groups is 1. The van der Waals surface area contributed by atoms with Crippen LogP contribution in [0.5, 0.6) is 0 Å². The molecule has 6 rings (SSSR count). The van der Waals surface area contributed by atoms with Crippen LogP contribution in [0.25, 0.3) is 10.9 Å².